The maximum Gasteiger partial charge on any atom is 0.231 e. The Labute approximate surface area is 76.7 Å². The minimum absolute atomic E-state index is 0.362. The Hall–Kier alpha value is -1.22. The van der Waals surface area contributed by atoms with E-state index in [1.165, 1.54) is 5.56 Å². The molecule has 0 unspecified atom stereocenters. The zero-order chi connectivity index (χ0) is 8.67. The minimum Gasteiger partial charge on any atom is -0.454 e. The minimum atomic E-state index is 0.362. The van der Waals surface area contributed by atoms with Gasteiger partial charge in [0, 0.05) is 12.6 Å². The lowest BCUT2D eigenvalue weighted by Gasteiger charge is -2.00. The van der Waals surface area contributed by atoms with Gasteiger partial charge in [-0.15, -0.1) is 0 Å². The first-order chi connectivity index (χ1) is 6.42. The fraction of sp³-hybridized carbons (Fsp3) is 0.400. The highest BCUT2D eigenvalue weighted by molar-refractivity contribution is 5.44. The van der Waals surface area contributed by atoms with Crippen LogP contribution in [0.2, 0.25) is 0 Å². The zero-order valence-electron chi connectivity index (χ0n) is 7.25. The van der Waals surface area contributed by atoms with Crippen molar-refractivity contribution in [2.24, 2.45) is 0 Å². The van der Waals surface area contributed by atoms with Crippen LogP contribution in [0.25, 0.3) is 0 Å². The highest BCUT2D eigenvalue weighted by atomic mass is 16.7. The van der Waals surface area contributed by atoms with E-state index in [9.17, 15) is 0 Å². The zero-order valence-corrected chi connectivity index (χ0v) is 7.25. The molecule has 2 heterocycles. The Kier molecular flexibility index (Phi) is 1.46. The van der Waals surface area contributed by atoms with Gasteiger partial charge < -0.3 is 14.8 Å². The number of fused-ring (bicyclic) bond motifs is 1. The van der Waals surface area contributed by atoms with Gasteiger partial charge in [0.25, 0.3) is 0 Å². The molecule has 1 aromatic carbocycles. The van der Waals surface area contributed by atoms with Crippen LogP contribution in [-0.2, 0) is 6.42 Å². The van der Waals surface area contributed by atoms with Crippen molar-refractivity contribution < 1.29 is 9.47 Å². The molecule has 0 aliphatic carbocycles. The first-order valence-electron chi connectivity index (χ1n) is 4.54. The third-order valence-electron chi connectivity index (χ3n) is 2.41. The van der Waals surface area contributed by atoms with Crippen LogP contribution in [0.4, 0.5) is 0 Å². The highest BCUT2D eigenvalue weighted by Gasteiger charge is 2.21. The third kappa shape index (κ3) is 1.35. The second kappa shape index (κ2) is 2.64. The number of rotatable bonds is 2. The summed E-state index contributed by atoms with van der Waals surface area (Å²) in [6.07, 6.45) is 1.09. The largest absolute Gasteiger partial charge is 0.454 e. The molecule has 0 aromatic heterocycles. The summed E-state index contributed by atoms with van der Waals surface area (Å²) in [5, 5.41) is 3.28. The van der Waals surface area contributed by atoms with Gasteiger partial charge in [-0.05, 0) is 24.1 Å². The first-order valence-corrected chi connectivity index (χ1v) is 4.54. The average Bonchev–Trinajstić information content (AvgIpc) is 2.83. The second-order valence-corrected chi connectivity index (χ2v) is 3.50. The van der Waals surface area contributed by atoms with Crippen molar-refractivity contribution in [3.8, 4) is 11.5 Å². The van der Waals surface area contributed by atoms with E-state index in [1.807, 2.05) is 6.07 Å². The van der Waals surface area contributed by atoms with Crippen molar-refractivity contribution >= 4 is 0 Å². The summed E-state index contributed by atoms with van der Waals surface area (Å²) in [6.45, 7) is 1.51. The molecule has 3 rings (SSSR count). The number of nitrogens with one attached hydrogen (secondary N) is 1. The molecule has 1 fully saturated rings. The van der Waals surface area contributed by atoms with E-state index in [4.69, 9.17) is 9.47 Å². The predicted molar refractivity (Wildman–Crippen MR) is 48.1 cm³/mol. The maximum atomic E-state index is 5.30. The van der Waals surface area contributed by atoms with Crippen LogP contribution in [0.15, 0.2) is 18.2 Å². The molecular weight excluding hydrogens is 166 g/mol. The van der Waals surface area contributed by atoms with Crippen molar-refractivity contribution in [1.82, 2.24) is 5.32 Å². The molecule has 1 N–H and O–H groups in total. The number of benzene rings is 1. The normalized spacial score (nSPS) is 23.2. The Morgan fingerprint density at radius 1 is 1.31 bits per heavy atom. The lowest BCUT2D eigenvalue weighted by atomic mass is 10.1. The molecule has 0 spiro atoms. The van der Waals surface area contributed by atoms with E-state index < -0.39 is 0 Å². The van der Waals surface area contributed by atoms with Crippen LogP contribution in [0, 0.1) is 0 Å². The van der Waals surface area contributed by atoms with Gasteiger partial charge in [0.15, 0.2) is 11.5 Å². The number of hydrogen-bond acceptors (Lipinski definition) is 3. The van der Waals surface area contributed by atoms with Crippen LogP contribution in [-0.4, -0.2) is 19.4 Å². The van der Waals surface area contributed by atoms with Crippen LogP contribution in [0.5, 0.6) is 11.5 Å². The van der Waals surface area contributed by atoms with Gasteiger partial charge in [-0.25, -0.2) is 0 Å². The van der Waals surface area contributed by atoms with Gasteiger partial charge >= 0.3 is 0 Å². The second-order valence-electron chi connectivity index (χ2n) is 3.50. The van der Waals surface area contributed by atoms with Gasteiger partial charge in [0.1, 0.15) is 0 Å². The van der Waals surface area contributed by atoms with Gasteiger partial charge in [0.2, 0.25) is 6.79 Å². The summed E-state index contributed by atoms with van der Waals surface area (Å²) in [4.78, 5) is 0. The van der Waals surface area contributed by atoms with Gasteiger partial charge in [-0.2, -0.15) is 0 Å². The summed E-state index contributed by atoms with van der Waals surface area (Å²) in [7, 11) is 0. The molecule has 1 atom stereocenters. The molecule has 0 radical (unpaired) electrons. The Morgan fingerprint density at radius 2 is 2.15 bits per heavy atom. The van der Waals surface area contributed by atoms with Crippen molar-refractivity contribution in [3.05, 3.63) is 23.8 Å². The number of ether oxygens (including phenoxy) is 2. The molecule has 3 nitrogen and oxygen atoms in total. The molecule has 2 aliphatic rings. The smallest absolute Gasteiger partial charge is 0.231 e. The fourth-order valence-corrected chi connectivity index (χ4v) is 1.58. The van der Waals surface area contributed by atoms with Gasteiger partial charge in [-0.1, -0.05) is 6.07 Å². The molecule has 0 amide bonds. The molecule has 2 aliphatic heterocycles. The Bertz CT molecular complexity index is 334. The molecule has 13 heavy (non-hydrogen) atoms. The van der Waals surface area contributed by atoms with Crippen LogP contribution < -0.4 is 14.8 Å². The predicted octanol–water partition coefficient (Wildman–Crippen LogP) is 0.930. The summed E-state index contributed by atoms with van der Waals surface area (Å²) in [5.74, 6) is 1.76. The topological polar surface area (TPSA) is 40.4 Å². The Balaban J connectivity index is 1.86. The molecule has 0 bridgehead atoms. The van der Waals surface area contributed by atoms with Crippen LogP contribution >= 0.6 is 0 Å². The maximum absolute atomic E-state index is 5.30. The van der Waals surface area contributed by atoms with Gasteiger partial charge in [-0.3, -0.25) is 0 Å². The van der Waals surface area contributed by atoms with E-state index in [2.05, 4.69) is 17.4 Å². The van der Waals surface area contributed by atoms with E-state index in [-0.39, 0.29) is 0 Å². The average molecular weight is 177 g/mol. The first kappa shape index (κ1) is 7.21. The lowest BCUT2D eigenvalue weighted by molar-refractivity contribution is 0.174. The SMILES string of the molecule is c1cc2c(cc1C[C@@H]1CN1)OCO2. The van der Waals surface area contributed by atoms with Crippen molar-refractivity contribution in [2.45, 2.75) is 12.5 Å². The molecule has 1 saturated heterocycles. The molecule has 68 valence electrons. The highest BCUT2D eigenvalue weighted by Crippen LogP contribution is 2.32. The van der Waals surface area contributed by atoms with Crippen molar-refractivity contribution in [1.29, 1.82) is 0 Å². The third-order valence-corrected chi connectivity index (χ3v) is 2.41. The van der Waals surface area contributed by atoms with Crippen molar-refractivity contribution in [2.75, 3.05) is 13.3 Å². The van der Waals surface area contributed by atoms with Crippen LogP contribution in [0.1, 0.15) is 5.56 Å². The summed E-state index contributed by atoms with van der Waals surface area (Å²) in [5.41, 5.74) is 1.32. The molecular formula is C10H11NO2. The van der Waals surface area contributed by atoms with E-state index in [0.717, 1.165) is 24.5 Å². The van der Waals surface area contributed by atoms with E-state index >= 15 is 0 Å². The summed E-state index contributed by atoms with van der Waals surface area (Å²) >= 11 is 0. The standard InChI is InChI=1S/C10H11NO2/c1-2-9-10(13-6-12-9)4-7(1)3-8-5-11-8/h1-2,4,8,11H,3,5-6H2/t8-/m1/s1. The van der Waals surface area contributed by atoms with Crippen molar-refractivity contribution in [3.63, 3.8) is 0 Å². The number of hydrogen-bond donors (Lipinski definition) is 1. The Morgan fingerprint density at radius 3 is 3.00 bits per heavy atom. The van der Waals surface area contributed by atoms with Gasteiger partial charge in [0.05, 0.1) is 0 Å². The molecule has 1 aromatic rings. The summed E-state index contributed by atoms with van der Waals surface area (Å²) in [6, 6.07) is 6.84. The molecule has 3 heteroatoms. The van der Waals surface area contributed by atoms with E-state index in [0.29, 0.717) is 12.8 Å². The monoisotopic (exact) mass is 177 g/mol. The van der Waals surface area contributed by atoms with E-state index in [1.54, 1.807) is 0 Å². The summed E-state index contributed by atoms with van der Waals surface area (Å²) < 4.78 is 10.5. The quantitative estimate of drug-likeness (QED) is 0.683. The fourth-order valence-electron chi connectivity index (χ4n) is 1.58. The van der Waals surface area contributed by atoms with Crippen LogP contribution in [0.3, 0.4) is 0 Å². The lowest BCUT2D eigenvalue weighted by Crippen LogP contribution is -1.96. The molecule has 0 saturated carbocycles.